The molecule has 0 aliphatic carbocycles. The fourth-order valence-electron chi connectivity index (χ4n) is 1.64. The summed E-state index contributed by atoms with van der Waals surface area (Å²) in [7, 11) is -2.22. The minimum atomic E-state index is -3.74. The Morgan fingerprint density at radius 2 is 1.90 bits per heavy atom. The number of thiazole rings is 1. The van der Waals surface area contributed by atoms with Gasteiger partial charge in [0.25, 0.3) is 15.9 Å². The van der Waals surface area contributed by atoms with Gasteiger partial charge in [0.1, 0.15) is 0 Å². The van der Waals surface area contributed by atoms with Gasteiger partial charge in [0, 0.05) is 18.3 Å². The first-order valence-electron chi connectivity index (χ1n) is 5.81. The third kappa shape index (κ3) is 3.52. The van der Waals surface area contributed by atoms with Gasteiger partial charge in [0.2, 0.25) is 0 Å². The van der Waals surface area contributed by atoms with Crippen LogP contribution in [-0.2, 0) is 10.0 Å². The van der Waals surface area contributed by atoms with E-state index in [0.717, 1.165) is 11.3 Å². The third-order valence-corrected chi connectivity index (χ3v) is 5.85. The predicted molar refractivity (Wildman–Crippen MR) is 82.5 cm³/mol. The van der Waals surface area contributed by atoms with Crippen LogP contribution in [0.5, 0.6) is 0 Å². The van der Waals surface area contributed by atoms with E-state index in [9.17, 15) is 13.2 Å². The fraction of sp³-hybridized carbons (Fsp3) is 0.167. The average Bonchev–Trinajstić information content (AvgIpc) is 2.78. The topological polar surface area (TPSA) is 88.2 Å². The van der Waals surface area contributed by atoms with Gasteiger partial charge in [-0.1, -0.05) is 22.9 Å². The summed E-state index contributed by atoms with van der Waals surface area (Å²) < 4.78 is 27.1. The Balaban J connectivity index is 2.25. The SMILES string of the molecule is CNC(=O)c1ccc(NS(=O)(=O)c2sc(Cl)nc2C)cc1. The first-order valence-corrected chi connectivity index (χ1v) is 8.49. The van der Waals surface area contributed by atoms with Gasteiger partial charge < -0.3 is 5.32 Å². The largest absolute Gasteiger partial charge is 0.355 e. The number of hydrogen-bond acceptors (Lipinski definition) is 5. The van der Waals surface area contributed by atoms with Crippen LogP contribution in [0.15, 0.2) is 28.5 Å². The molecule has 0 saturated heterocycles. The van der Waals surface area contributed by atoms with Crippen LogP contribution in [0.3, 0.4) is 0 Å². The van der Waals surface area contributed by atoms with Gasteiger partial charge >= 0.3 is 0 Å². The summed E-state index contributed by atoms with van der Waals surface area (Å²) in [6.07, 6.45) is 0. The first-order chi connectivity index (χ1) is 9.83. The molecule has 21 heavy (non-hydrogen) atoms. The van der Waals surface area contributed by atoms with Gasteiger partial charge in [-0.3, -0.25) is 9.52 Å². The van der Waals surface area contributed by atoms with Crippen LogP contribution in [0.25, 0.3) is 0 Å². The lowest BCUT2D eigenvalue weighted by atomic mass is 10.2. The number of carbonyl (C=O) groups excluding carboxylic acids is 1. The van der Waals surface area contributed by atoms with Gasteiger partial charge in [-0.15, -0.1) is 0 Å². The van der Waals surface area contributed by atoms with E-state index >= 15 is 0 Å². The van der Waals surface area contributed by atoms with Crippen LogP contribution in [0, 0.1) is 6.92 Å². The monoisotopic (exact) mass is 345 g/mol. The standard InChI is InChI=1S/C12H12ClN3O3S2/c1-7-11(20-12(13)15-7)21(18,19)16-9-5-3-8(4-6-9)10(17)14-2/h3-6,16H,1-2H3,(H,14,17). The molecule has 1 aromatic heterocycles. The lowest BCUT2D eigenvalue weighted by molar-refractivity contribution is 0.0963. The number of aromatic nitrogens is 1. The van der Waals surface area contributed by atoms with Crippen LogP contribution in [0.1, 0.15) is 16.1 Å². The van der Waals surface area contributed by atoms with Gasteiger partial charge in [-0.05, 0) is 31.2 Å². The number of sulfonamides is 1. The molecule has 1 amide bonds. The number of nitrogens with zero attached hydrogens (tertiary/aromatic N) is 1. The summed E-state index contributed by atoms with van der Waals surface area (Å²) in [5.74, 6) is -0.241. The Kier molecular flexibility index (Phi) is 4.50. The van der Waals surface area contributed by atoms with Gasteiger partial charge in [0.15, 0.2) is 8.68 Å². The second kappa shape index (κ2) is 6.00. The van der Waals surface area contributed by atoms with Crippen LogP contribution in [0.4, 0.5) is 5.69 Å². The number of nitrogens with one attached hydrogen (secondary N) is 2. The van der Waals surface area contributed by atoms with Crippen molar-refractivity contribution in [3.05, 3.63) is 40.0 Å². The van der Waals surface area contributed by atoms with Crippen LogP contribution < -0.4 is 10.0 Å². The van der Waals surface area contributed by atoms with E-state index in [4.69, 9.17) is 11.6 Å². The molecule has 6 nitrogen and oxygen atoms in total. The van der Waals surface area contributed by atoms with Crippen molar-refractivity contribution < 1.29 is 13.2 Å². The molecule has 0 saturated carbocycles. The Morgan fingerprint density at radius 3 is 2.38 bits per heavy atom. The highest BCUT2D eigenvalue weighted by Gasteiger charge is 2.21. The second-order valence-corrected chi connectivity index (χ2v) is 7.56. The maximum atomic E-state index is 12.2. The number of hydrogen-bond donors (Lipinski definition) is 2. The molecular formula is C12H12ClN3O3S2. The van der Waals surface area contributed by atoms with E-state index in [0.29, 0.717) is 16.9 Å². The lowest BCUT2D eigenvalue weighted by Gasteiger charge is -2.07. The van der Waals surface area contributed by atoms with Crippen molar-refractivity contribution >= 4 is 44.6 Å². The number of aryl methyl sites for hydroxylation is 1. The number of rotatable bonds is 4. The summed E-state index contributed by atoms with van der Waals surface area (Å²) in [5.41, 5.74) is 1.14. The van der Waals surface area contributed by atoms with Gasteiger partial charge in [0.05, 0.1) is 5.69 Å². The van der Waals surface area contributed by atoms with E-state index in [1.807, 2.05) is 0 Å². The zero-order valence-electron chi connectivity index (χ0n) is 11.2. The van der Waals surface area contributed by atoms with Crippen molar-refractivity contribution in [1.29, 1.82) is 0 Å². The molecule has 2 aromatic rings. The molecule has 0 unspecified atom stereocenters. The molecule has 2 rings (SSSR count). The van der Waals surface area contributed by atoms with E-state index in [1.165, 1.54) is 31.3 Å². The van der Waals surface area contributed by atoms with Crippen LogP contribution >= 0.6 is 22.9 Å². The fourth-order valence-corrected chi connectivity index (χ4v) is 4.43. The molecule has 0 aliphatic rings. The number of carbonyl (C=O) groups is 1. The summed E-state index contributed by atoms with van der Waals surface area (Å²) in [6, 6.07) is 6.09. The zero-order chi connectivity index (χ0) is 15.6. The van der Waals surface area contributed by atoms with Crippen molar-refractivity contribution in [2.45, 2.75) is 11.1 Å². The third-order valence-electron chi connectivity index (χ3n) is 2.60. The molecule has 0 radical (unpaired) electrons. The molecule has 9 heteroatoms. The van der Waals surface area contributed by atoms with Gasteiger partial charge in [-0.2, -0.15) is 0 Å². The molecular weight excluding hydrogens is 334 g/mol. The van der Waals surface area contributed by atoms with Gasteiger partial charge in [-0.25, -0.2) is 13.4 Å². The smallest absolute Gasteiger partial charge is 0.273 e. The predicted octanol–water partition coefficient (Wildman–Crippen LogP) is 2.27. The summed E-state index contributed by atoms with van der Waals surface area (Å²) in [5, 5.41) is 2.49. The van der Waals surface area contributed by atoms with Crippen molar-refractivity contribution in [3.8, 4) is 0 Å². The minimum absolute atomic E-state index is 0.0721. The Morgan fingerprint density at radius 1 is 1.29 bits per heavy atom. The molecule has 112 valence electrons. The van der Waals surface area contributed by atoms with Crippen molar-refractivity contribution in [2.75, 3.05) is 11.8 Å². The second-order valence-electron chi connectivity index (χ2n) is 4.10. The minimum Gasteiger partial charge on any atom is -0.355 e. The normalized spacial score (nSPS) is 11.2. The van der Waals surface area contributed by atoms with Crippen molar-refractivity contribution in [2.24, 2.45) is 0 Å². The molecule has 0 fully saturated rings. The molecule has 1 heterocycles. The number of benzene rings is 1. The Hall–Kier alpha value is -1.64. The maximum Gasteiger partial charge on any atom is 0.273 e. The molecule has 2 N–H and O–H groups in total. The first kappa shape index (κ1) is 15.7. The highest BCUT2D eigenvalue weighted by Crippen LogP contribution is 2.28. The average molecular weight is 346 g/mol. The highest BCUT2D eigenvalue weighted by molar-refractivity contribution is 7.94. The number of amides is 1. The Labute approximate surface area is 131 Å². The van der Waals surface area contributed by atoms with E-state index in [-0.39, 0.29) is 14.6 Å². The van der Waals surface area contributed by atoms with Crippen molar-refractivity contribution in [3.63, 3.8) is 0 Å². The Bertz CT molecular complexity index is 770. The highest BCUT2D eigenvalue weighted by atomic mass is 35.5. The zero-order valence-corrected chi connectivity index (χ0v) is 13.6. The lowest BCUT2D eigenvalue weighted by Crippen LogP contribution is -2.18. The summed E-state index contributed by atoms with van der Waals surface area (Å²) >= 11 is 6.61. The molecule has 0 aliphatic heterocycles. The van der Waals surface area contributed by atoms with Crippen LogP contribution in [-0.4, -0.2) is 26.4 Å². The van der Waals surface area contributed by atoms with E-state index in [2.05, 4.69) is 15.0 Å². The molecule has 1 aromatic carbocycles. The molecule has 0 bridgehead atoms. The maximum absolute atomic E-state index is 12.2. The number of halogens is 1. The number of anilines is 1. The van der Waals surface area contributed by atoms with E-state index < -0.39 is 10.0 Å². The molecule has 0 atom stereocenters. The molecule has 0 spiro atoms. The summed E-state index contributed by atoms with van der Waals surface area (Å²) in [6.45, 7) is 1.58. The van der Waals surface area contributed by atoms with Crippen LogP contribution in [0.2, 0.25) is 4.47 Å². The quantitative estimate of drug-likeness (QED) is 0.889. The van der Waals surface area contributed by atoms with E-state index in [1.54, 1.807) is 6.92 Å². The van der Waals surface area contributed by atoms with Crippen molar-refractivity contribution in [1.82, 2.24) is 10.3 Å². The summed E-state index contributed by atoms with van der Waals surface area (Å²) in [4.78, 5) is 15.3.